The van der Waals surface area contributed by atoms with E-state index in [1.165, 1.54) is 43.4 Å². The van der Waals surface area contributed by atoms with E-state index in [0.717, 1.165) is 42.6 Å². The average Bonchev–Trinajstić information content (AvgIpc) is 3.24. The van der Waals surface area contributed by atoms with Crippen LogP contribution < -0.4 is 15.0 Å². The zero-order valence-electron chi connectivity index (χ0n) is 17.7. The summed E-state index contributed by atoms with van der Waals surface area (Å²) in [7, 11) is 0. The van der Waals surface area contributed by atoms with Gasteiger partial charge >= 0.3 is 0 Å². The summed E-state index contributed by atoms with van der Waals surface area (Å²) in [5, 5.41) is 13.2. The van der Waals surface area contributed by atoms with Crippen LogP contribution in [0.1, 0.15) is 50.0 Å². The Hall–Kier alpha value is -2.19. The molecule has 0 radical (unpaired) electrons. The second-order valence-electron chi connectivity index (χ2n) is 7.99. The van der Waals surface area contributed by atoms with Gasteiger partial charge in [0.1, 0.15) is 10.8 Å². The number of anilines is 2. The highest BCUT2D eigenvalue weighted by Gasteiger charge is 2.23. The Morgan fingerprint density at radius 1 is 1.13 bits per heavy atom. The third-order valence-corrected chi connectivity index (χ3v) is 6.89. The zero-order valence-corrected chi connectivity index (χ0v) is 18.5. The maximum absolute atomic E-state index is 12.5. The molecule has 0 spiro atoms. The summed E-state index contributed by atoms with van der Waals surface area (Å²) in [4.78, 5) is 17.0. The highest BCUT2D eigenvalue weighted by atomic mass is 32.1. The standard InChI is InChI=1S/C22H31N5O2S/c1-2-29-19-11-7-6-10-18(19)27-14-12-26(13-15-27)16-20(28)23-22-25-24-21(30-22)17-8-4-3-5-9-17/h6-7,10-11,17H,2-5,8-9,12-16H2,1H3,(H,23,25,28). The summed E-state index contributed by atoms with van der Waals surface area (Å²) in [5.41, 5.74) is 1.13. The van der Waals surface area contributed by atoms with Crippen LogP contribution >= 0.6 is 11.3 Å². The van der Waals surface area contributed by atoms with Crippen molar-refractivity contribution < 1.29 is 9.53 Å². The number of hydrogen-bond donors (Lipinski definition) is 1. The van der Waals surface area contributed by atoms with E-state index < -0.39 is 0 Å². The van der Waals surface area contributed by atoms with Gasteiger partial charge < -0.3 is 9.64 Å². The molecule has 0 unspecified atom stereocenters. The maximum Gasteiger partial charge on any atom is 0.240 e. The van der Waals surface area contributed by atoms with Gasteiger partial charge in [-0.1, -0.05) is 42.7 Å². The van der Waals surface area contributed by atoms with Crippen LogP contribution in [0.15, 0.2) is 24.3 Å². The van der Waals surface area contributed by atoms with Crippen molar-refractivity contribution in [2.45, 2.75) is 44.9 Å². The number of ether oxygens (including phenoxy) is 1. The smallest absolute Gasteiger partial charge is 0.240 e. The number of hydrogen-bond acceptors (Lipinski definition) is 7. The third-order valence-electron chi connectivity index (χ3n) is 5.89. The number of nitrogens with zero attached hydrogens (tertiary/aromatic N) is 4. The van der Waals surface area contributed by atoms with E-state index >= 15 is 0 Å². The molecule has 8 heteroatoms. The second-order valence-corrected chi connectivity index (χ2v) is 9.00. The van der Waals surface area contributed by atoms with Crippen molar-refractivity contribution in [2.24, 2.45) is 0 Å². The van der Waals surface area contributed by atoms with Gasteiger partial charge in [0.15, 0.2) is 0 Å². The molecule has 0 bridgehead atoms. The molecule has 1 aliphatic carbocycles. The summed E-state index contributed by atoms with van der Waals surface area (Å²) in [6, 6.07) is 8.17. The number of aromatic nitrogens is 2. The van der Waals surface area contributed by atoms with Gasteiger partial charge in [0, 0.05) is 32.1 Å². The van der Waals surface area contributed by atoms with Gasteiger partial charge in [0.05, 0.1) is 18.8 Å². The lowest BCUT2D eigenvalue weighted by molar-refractivity contribution is -0.117. The van der Waals surface area contributed by atoms with E-state index in [0.29, 0.717) is 24.2 Å². The largest absolute Gasteiger partial charge is 0.492 e. The van der Waals surface area contributed by atoms with Crippen molar-refractivity contribution in [3.05, 3.63) is 29.3 Å². The molecule has 4 rings (SSSR count). The fourth-order valence-corrected chi connectivity index (χ4v) is 5.23. The first-order valence-corrected chi connectivity index (χ1v) is 11.9. The molecular weight excluding hydrogens is 398 g/mol. The van der Waals surface area contributed by atoms with Crippen LogP contribution in [0.25, 0.3) is 0 Å². The summed E-state index contributed by atoms with van der Waals surface area (Å²) in [6.07, 6.45) is 6.25. The molecule has 0 atom stereocenters. The van der Waals surface area contributed by atoms with Crippen molar-refractivity contribution >= 4 is 28.1 Å². The van der Waals surface area contributed by atoms with Gasteiger partial charge in [-0.3, -0.25) is 15.0 Å². The number of carbonyl (C=O) groups excluding carboxylic acids is 1. The Kier molecular flexibility index (Phi) is 7.17. The Morgan fingerprint density at radius 2 is 1.90 bits per heavy atom. The van der Waals surface area contributed by atoms with Gasteiger partial charge in [-0.15, -0.1) is 10.2 Å². The average molecular weight is 430 g/mol. The molecule has 1 aromatic carbocycles. The molecule has 2 aliphatic rings. The minimum atomic E-state index is -0.00971. The number of nitrogens with one attached hydrogen (secondary N) is 1. The summed E-state index contributed by atoms with van der Waals surface area (Å²) in [5.74, 6) is 1.44. The molecule has 1 saturated heterocycles. The second kappa shape index (κ2) is 10.2. The van der Waals surface area contributed by atoms with Crippen LogP contribution in [0.3, 0.4) is 0 Å². The number of carbonyl (C=O) groups is 1. The molecule has 30 heavy (non-hydrogen) atoms. The van der Waals surface area contributed by atoms with E-state index in [2.05, 4.69) is 31.4 Å². The molecule has 2 fully saturated rings. The molecule has 1 N–H and O–H groups in total. The van der Waals surface area contributed by atoms with Gasteiger partial charge in [-0.25, -0.2) is 0 Å². The number of benzene rings is 1. The normalized spacial score (nSPS) is 18.4. The van der Waals surface area contributed by atoms with Gasteiger partial charge in [0.25, 0.3) is 0 Å². The predicted molar refractivity (Wildman–Crippen MR) is 121 cm³/mol. The summed E-state index contributed by atoms with van der Waals surface area (Å²) in [6.45, 7) is 6.49. The first-order chi connectivity index (χ1) is 14.7. The fourth-order valence-electron chi connectivity index (χ4n) is 4.30. The van der Waals surface area contributed by atoms with E-state index in [4.69, 9.17) is 4.74 Å². The van der Waals surface area contributed by atoms with E-state index in [1.807, 2.05) is 25.1 Å². The van der Waals surface area contributed by atoms with Gasteiger partial charge in [-0.2, -0.15) is 0 Å². The van der Waals surface area contributed by atoms with Crippen LogP contribution in [-0.4, -0.2) is 60.3 Å². The quantitative estimate of drug-likeness (QED) is 0.723. The van der Waals surface area contributed by atoms with Crippen LogP contribution in [0.4, 0.5) is 10.8 Å². The lowest BCUT2D eigenvalue weighted by Gasteiger charge is -2.36. The number of para-hydroxylation sites is 2. The van der Waals surface area contributed by atoms with Crippen LogP contribution in [-0.2, 0) is 4.79 Å². The Morgan fingerprint density at radius 3 is 2.67 bits per heavy atom. The Balaban J connectivity index is 1.25. The lowest BCUT2D eigenvalue weighted by Crippen LogP contribution is -2.48. The summed E-state index contributed by atoms with van der Waals surface area (Å²) < 4.78 is 5.76. The Bertz CT molecular complexity index is 828. The van der Waals surface area contributed by atoms with Crippen molar-refractivity contribution in [3.63, 3.8) is 0 Å². The molecule has 1 saturated carbocycles. The number of rotatable bonds is 7. The van der Waals surface area contributed by atoms with Gasteiger partial charge in [0.2, 0.25) is 11.0 Å². The van der Waals surface area contributed by atoms with Crippen molar-refractivity contribution in [1.82, 2.24) is 15.1 Å². The van der Waals surface area contributed by atoms with Crippen molar-refractivity contribution in [2.75, 3.05) is 49.5 Å². The molecule has 1 aliphatic heterocycles. The fraction of sp³-hybridized carbons (Fsp3) is 0.591. The SMILES string of the molecule is CCOc1ccccc1N1CCN(CC(=O)Nc2nnc(C3CCCCC3)s2)CC1. The monoisotopic (exact) mass is 429 g/mol. The van der Waals surface area contributed by atoms with E-state index in [1.54, 1.807) is 0 Å². The van der Waals surface area contributed by atoms with Crippen LogP contribution in [0.2, 0.25) is 0 Å². The van der Waals surface area contributed by atoms with Crippen LogP contribution in [0.5, 0.6) is 5.75 Å². The first kappa shape index (κ1) is 21.1. The molecule has 1 aromatic heterocycles. The third kappa shape index (κ3) is 5.29. The first-order valence-electron chi connectivity index (χ1n) is 11.1. The van der Waals surface area contributed by atoms with Crippen LogP contribution in [0, 0.1) is 0 Å². The van der Waals surface area contributed by atoms with E-state index in [9.17, 15) is 4.79 Å². The lowest BCUT2D eigenvalue weighted by atomic mass is 9.90. The highest BCUT2D eigenvalue weighted by Crippen LogP contribution is 2.35. The molecule has 2 aromatic rings. The highest BCUT2D eigenvalue weighted by molar-refractivity contribution is 7.15. The predicted octanol–water partition coefficient (Wildman–Crippen LogP) is 3.75. The Labute approximate surface area is 182 Å². The maximum atomic E-state index is 12.5. The van der Waals surface area contributed by atoms with Crippen molar-refractivity contribution in [1.29, 1.82) is 0 Å². The van der Waals surface area contributed by atoms with Gasteiger partial charge in [-0.05, 0) is 31.9 Å². The molecule has 2 heterocycles. The molecule has 162 valence electrons. The summed E-state index contributed by atoms with van der Waals surface area (Å²) >= 11 is 1.54. The minimum Gasteiger partial charge on any atom is -0.492 e. The molecular formula is C22H31N5O2S. The molecule has 7 nitrogen and oxygen atoms in total. The van der Waals surface area contributed by atoms with Crippen molar-refractivity contribution in [3.8, 4) is 5.75 Å². The minimum absolute atomic E-state index is 0.00971. The number of piperazine rings is 1. The van der Waals surface area contributed by atoms with E-state index in [-0.39, 0.29) is 5.91 Å². The topological polar surface area (TPSA) is 70.6 Å². The zero-order chi connectivity index (χ0) is 20.8. The number of amides is 1. The molecule has 1 amide bonds.